The second-order valence-corrected chi connectivity index (χ2v) is 8.33. The molecule has 2 aromatic carbocycles. The van der Waals surface area contributed by atoms with Gasteiger partial charge in [0.2, 0.25) is 5.91 Å². The van der Waals surface area contributed by atoms with Crippen LogP contribution in [0.5, 0.6) is 0 Å². The summed E-state index contributed by atoms with van der Waals surface area (Å²) in [5, 5.41) is 6.52. The number of carbonyl (C=O) groups excluding carboxylic acids is 1. The molecule has 1 amide bonds. The Kier molecular flexibility index (Phi) is 6.33. The summed E-state index contributed by atoms with van der Waals surface area (Å²) in [5.41, 5.74) is 5.89. The van der Waals surface area contributed by atoms with Gasteiger partial charge in [-0.05, 0) is 73.9 Å². The number of benzene rings is 2. The molecule has 1 aliphatic rings. The van der Waals surface area contributed by atoms with Crippen molar-refractivity contribution in [2.24, 2.45) is 5.10 Å². The molecule has 0 radical (unpaired) electrons. The zero-order chi connectivity index (χ0) is 20.1. The highest BCUT2D eigenvalue weighted by Gasteiger charge is 2.38. The van der Waals surface area contributed by atoms with Crippen LogP contribution in [0.3, 0.4) is 0 Å². The van der Waals surface area contributed by atoms with E-state index >= 15 is 0 Å². The molecule has 3 nitrogen and oxygen atoms in total. The third kappa shape index (κ3) is 4.70. The predicted octanol–water partition coefficient (Wildman–Crippen LogP) is 5.55. The van der Waals surface area contributed by atoms with Crippen LogP contribution in [0.1, 0.15) is 69.2 Å². The van der Waals surface area contributed by atoms with Crippen molar-refractivity contribution in [2.75, 3.05) is 0 Å². The normalized spacial score (nSPS) is 15.6. The van der Waals surface area contributed by atoms with Crippen molar-refractivity contribution < 1.29 is 4.79 Å². The van der Waals surface area contributed by atoms with Crippen LogP contribution in [0.15, 0.2) is 53.6 Å². The Bertz CT molecular complexity index is 830. The molecule has 0 spiro atoms. The first kappa shape index (κ1) is 20.3. The number of amides is 1. The summed E-state index contributed by atoms with van der Waals surface area (Å²) in [5.74, 6) is 0.123. The molecule has 1 aliphatic heterocycles. The molecule has 3 rings (SSSR count). The van der Waals surface area contributed by atoms with Crippen molar-refractivity contribution in [3.05, 3.63) is 70.8 Å². The minimum Gasteiger partial charge on any atom is -0.273 e. The lowest BCUT2D eigenvalue weighted by atomic mass is 9.92. The molecule has 0 unspecified atom stereocenters. The van der Waals surface area contributed by atoms with Crippen molar-refractivity contribution in [3.8, 4) is 0 Å². The summed E-state index contributed by atoms with van der Waals surface area (Å²) in [4.78, 5) is 12.9. The van der Waals surface area contributed by atoms with E-state index in [1.165, 1.54) is 22.3 Å². The largest absolute Gasteiger partial charge is 0.273 e. The van der Waals surface area contributed by atoms with Gasteiger partial charge in [-0.1, -0.05) is 50.2 Å². The van der Waals surface area contributed by atoms with Crippen LogP contribution in [-0.2, 0) is 24.1 Å². The Labute approximate surface area is 169 Å². The zero-order valence-corrected chi connectivity index (χ0v) is 17.7. The average Bonchev–Trinajstić information content (AvgIpc) is 3.03. The molecule has 0 bridgehead atoms. The number of nitrogens with zero attached hydrogens (tertiary/aromatic N) is 2. The number of hydrogen-bond acceptors (Lipinski definition) is 2. The average molecular weight is 377 g/mol. The zero-order valence-electron chi connectivity index (χ0n) is 17.7. The molecular formula is C25H32N2O. The third-order valence-electron chi connectivity index (χ3n) is 5.53. The van der Waals surface area contributed by atoms with E-state index in [-0.39, 0.29) is 11.4 Å². The monoisotopic (exact) mass is 376 g/mol. The van der Waals surface area contributed by atoms with Crippen LogP contribution < -0.4 is 0 Å². The number of carbonyl (C=O) groups is 1. The first-order valence-corrected chi connectivity index (χ1v) is 10.5. The van der Waals surface area contributed by atoms with E-state index in [0.717, 1.165) is 37.8 Å². The predicted molar refractivity (Wildman–Crippen MR) is 117 cm³/mol. The van der Waals surface area contributed by atoms with Gasteiger partial charge >= 0.3 is 0 Å². The van der Waals surface area contributed by atoms with E-state index in [1.807, 2.05) is 18.2 Å². The third-order valence-corrected chi connectivity index (χ3v) is 5.53. The summed E-state index contributed by atoms with van der Waals surface area (Å²) in [6, 6.07) is 17.1. The van der Waals surface area contributed by atoms with Gasteiger partial charge in [-0.15, -0.1) is 0 Å². The molecule has 0 saturated carbocycles. The lowest BCUT2D eigenvalue weighted by Gasteiger charge is -2.28. The van der Waals surface area contributed by atoms with Crippen molar-refractivity contribution in [1.82, 2.24) is 5.01 Å². The molecule has 0 atom stereocenters. The summed E-state index contributed by atoms with van der Waals surface area (Å²) in [6.45, 7) is 8.59. The summed E-state index contributed by atoms with van der Waals surface area (Å²) in [7, 11) is 0. The summed E-state index contributed by atoms with van der Waals surface area (Å²) in [6.07, 6.45) is 5.14. The first-order chi connectivity index (χ1) is 13.4. The molecule has 28 heavy (non-hydrogen) atoms. The summed E-state index contributed by atoms with van der Waals surface area (Å²) < 4.78 is 0. The quantitative estimate of drug-likeness (QED) is 0.623. The molecule has 0 aromatic heterocycles. The fourth-order valence-electron chi connectivity index (χ4n) is 3.86. The van der Waals surface area contributed by atoms with Gasteiger partial charge in [0, 0.05) is 12.8 Å². The molecule has 2 aromatic rings. The maximum Gasteiger partial charge on any atom is 0.243 e. The Morgan fingerprint density at radius 3 is 2.25 bits per heavy atom. The molecular weight excluding hydrogens is 344 g/mol. The Hall–Kier alpha value is -2.42. The second kappa shape index (κ2) is 8.72. The Balaban J connectivity index is 1.72. The number of rotatable bonds is 7. The molecule has 0 N–H and O–H groups in total. The molecule has 148 valence electrons. The van der Waals surface area contributed by atoms with Crippen LogP contribution in [-0.4, -0.2) is 22.2 Å². The van der Waals surface area contributed by atoms with Crippen molar-refractivity contribution in [1.29, 1.82) is 0 Å². The maximum absolute atomic E-state index is 12.9. The molecule has 3 heteroatoms. The topological polar surface area (TPSA) is 32.7 Å². The first-order valence-electron chi connectivity index (χ1n) is 10.5. The van der Waals surface area contributed by atoms with Crippen LogP contribution in [0.2, 0.25) is 0 Å². The van der Waals surface area contributed by atoms with Crippen LogP contribution in [0.25, 0.3) is 0 Å². The van der Waals surface area contributed by atoms with E-state index in [4.69, 9.17) is 5.10 Å². The molecule has 1 heterocycles. The fraction of sp³-hybridized carbons (Fsp3) is 0.440. The molecule has 0 fully saturated rings. The SMILES string of the molecule is CCc1cc(CC)cc(C2=NN(C(=O)CCCc3ccccc3)C(C)(C)C2)c1. The highest BCUT2D eigenvalue weighted by Crippen LogP contribution is 2.31. The van der Waals surface area contributed by atoms with Gasteiger partial charge < -0.3 is 0 Å². The van der Waals surface area contributed by atoms with Crippen molar-refractivity contribution in [2.45, 2.75) is 71.8 Å². The summed E-state index contributed by atoms with van der Waals surface area (Å²) >= 11 is 0. The highest BCUT2D eigenvalue weighted by molar-refractivity contribution is 6.03. The van der Waals surface area contributed by atoms with E-state index in [2.05, 4.69) is 58.0 Å². The van der Waals surface area contributed by atoms with E-state index in [1.54, 1.807) is 5.01 Å². The number of hydrazone groups is 1. The lowest BCUT2D eigenvalue weighted by molar-refractivity contribution is -0.135. The Morgan fingerprint density at radius 2 is 1.64 bits per heavy atom. The molecule has 0 aliphatic carbocycles. The van der Waals surface area contributed by atoms with Crippen molar-refractivity contribution in [3.63, 3.8) is 0 Å². The fourth-order valence-corrected chi connectivity index (χ4v) is 3.86. The van der Waals surface area contributed by atoms with Gasteiger partial charge in [0.15, 0.2) is 0 Å². The van der Waals surface area contributed by atoms with E-state index in [0.29, 0.717) is 6.42 Å². The number of hydrogen-bond donors (Lipinski definition) is 0. The minimum absolute atomic E-state index is 0.123. The van der Waals surface area contributed by atoms with Gasteiger partial charge in [-0.3, -0.25) is 4.79 Å². The minimum atomic E-state index is -0.270. The van der Waals surface area contributed by atoms with Gasteiger partial charge in [0.1, 0.15) is 0 Å². The van der Waals surface area contributed by atoms with Crippen molar-refractivity contribution >= 4 is 11.6 Å². The van der Waals surface area contributed by atoms with Crippen LogP contribution in [0.4, 0.5) is 0 Å². The smallest absolute Gasteiger partial charge is 0.243 e. The standard InChI is InChI=1S/C25H32N2O/c1-5-19-15-20(6-2)17-22(16-19)23-18-25(3,4)27(26-23)24(28)14-10-13-21-11-8-7-9-12-21/h7-9,11-12,15-17H,5-6,10,13-14,18H2,1-4H3. The van der Waals surface area contributed by atoms with Gasteiger partial charge in [-0.25, -0.2) is 5.01 Å². The highest BCUT2D eigenvalue weighted by atomic mass is 16.2. The van der Waals surface area contributed by atoms with Gasteiger partial charge in [0.05, 0.1) is 11.3 Å². The van der Waals surface area contributed by atoms with Crippen LogP contribution in [0, 0.1) is 0 Å². The van der Waals surface area contributed by atoms with Crippen LogP contribution >= 0.6 is 0 Å². The lowest BCUT2D eigenvalue weighted by Crippen LogP contribution is -2.40. The second-order valence-electron chi connectivity index (χ2n) is 8.33. The van der Waals surface area contributed by atoms with Gasteiger partial charge in [0.25, 0.3) is 0 Å². The van der Waals surface area contributed by atoms with E-state index < -0.39 is 0 Å². The maximum atomic E-state index is 12.9. The molecule has 0 saturated heterocycles. The Morgan fingerprint density at radius 1 is 1.00 bits per heavy atom. The van der Waals surface area contributed by atoms with Gasteiger partial charge in [-0.2, -0.15) is 5.10 Å². The van der Waals surface area contributed by atoms with E-state index in [9.17, 15) is 4.79 Å². The number of aryl methyl sites for hydroxylation is 3.